The van der Waals surface area contributed by atoms with E-state index >= 15 is 0 Å². The van der Waals surface area contributed by atoms with Crippen LogP contribution in [0.2, 0.25) is 0 Å². The molecule has 0 saturated heterocycles. The fourth-order valence-electron chi connectivity index (χ4n) is 6.52. The monoisotopic (exact) mass is 699 g/mol. The van der Waals surface area contributed by atoms with Gasteiger partial charge in [0.05, 0.1) is 13.2 Å². The number of aliphatic hydroxyl groups excluding tert-OH is 2. The molecule has 0 spiro atoms. The lowest BCUT2D eigenvalue weighted by molar-refractivity contribution is -0.150. The molecule has 2 atom stereocenters. The van der Waals surface area contributed by atoms with Gasteiger partial charge in [-0.25, -0.2) is 0 Å². The van der Waals surface area contributed by atoms with Crippen LogP contribution in [0.1, 0.15) is 188 Å². The lowest BCUT2D eigenvalue weighted by Crippen LogP contribution is -2.34. The molecule has 0 heterocycles. The standard InChI is InChI=1S/C41H82N2O6/c1-5-9-19-26-38(7-3)48-40(46)28-21-15-11-13-17-23-30-42(32-25-33-43(34-36-44)35-37-45)31-24-18-14-12-16-22-29-41(47)49-39(8-4)27-20-10-6-2/h38-39,44-45H,5-37H2,1-4H3. The third-order valence-electron chi connectivity index (χ3n) is 9.76. The maximum absolute atomic E-state index is 12.3. The fourth-order valence-corrected chi connectivity index (χ4v) is 6.52. The Balaban J connectivity index is 4.28. The van der Waals surface area contributed by atoms with E-state index in [0.717, 1.165) is 96.8 Å². The summed E-state index contributed by atoms with van der Waals surface area (Å²) in [5, 5.41) is 18.7. The van der Waals surface area contributed by atoms with Gasteiger partial charge in [0.2, 0.25) is 0 Å². The summed E-state index contributed by atoms with van der Waals surface area (Å²) < 4.78 is 11.4. The van der Waals surface area contributed by atoms with Crippen LogP contribution in [-0.4, -0.2) is 96.6 Å². The predicted octanol–water partition coefficient (Wildman–Crippen LogP) is 9.23. The molecule has 0 aromatic heterocycles. The molecule has 49 heavy (non-hydrogen) atoms. The molecule has 2 N–H and O–H groups in total. The molecule has 0 bridgehead atoms. The highest BCUT2D eigenvalue weighted by Crippen LogP contribution is 2.15. The number of hydrogen-bond acceptors (Lipinski definition) is 8. The number of rotatable bonds is 38. The van der Waals surface area contributed by atoms with Crippen molar-refractivity contribution in [1.29, 1.82) is 0 Å². The van der Waals surface area contributed by atoms with E-state index in [-0.39, 0.29) is 37.4 Å². The summed E-state index contributed by atoms with van der Waals surface area (Å²) in [5.41, 5.74) is 0. The Morgan fingerprint density at radius 3 is 1.16 bits per heavy atom. The number of aliphatic hydroxyl groups is 2. The SMILES string of the molecule is CCCCCC(CC)OC(=O)CCCCCCCCN(CCCCCCCCC(=O)OC(CC)CCCCC)CCCN(CCO)CCO. The molecule has 0 saturated carbocycles. The van der Waals surface area contributed by atoms with Crippen LogP contribution in [0.5, 0.6) is 0 Å². The van der Waals surface area contributed by atoms with Crippen molar-refractivity contribution in [3.05, 3.63) is 0 Å². The minimum atomic E-state index is -0.0196. The van der Waals surface area contributed by atoms with Crippen LogP contribution in [0.15, 0.2) is 0 Å². The Hall–Kier alpha value is -1.22. The van der Waals surface area contributed by atoms with Gasteiger partial charge in [-0.1, -0.05) is 105 Å². The molecule has 2 unspecified atom stereocenters. The minimum Gasteiger partial charge on any atom is -0.462 e. The zero-order valence-corrected chi connectivity index (χ0v) is 32.9. The molecular formula is C41H82N2O6. The first-order chi connectivity index (χ1) is 23.9. The smallest absolute Gasteiger partial charge is 0.306 e. The van der Waals surface area contributed by atoms with Crippen molar-refractivity contribution in [2.45, 2.75) is 200 Å². The van der Waals surface area contributed by atoms with Crippen molar-refractivity contribution in [2.75, 3.05) is 52.5 Å². The van der Waals surface area contributed by atoms with Gasteiger partial charge in [-0.3, -0.25) is 14.5 Å². The van der Waals surface area contributed by atoms with Crippen molar-refractivity contribution in [1.82, 2.24) is 9.80 Å². The molecule has 0 amide bonds. The number of ether oxygens (including phenoxy) is 2. The third kappa shape index (κ3) is 31.3. The molecule has 0 aliphatic heterocycles. The Bertz CT molecular complexity index is 670. The second-order valence-electron chi connectivity index (χ2n) is 14.3. The average molecular weight is 699 g/mol. The molecular weight excluding hydrogens is 616 g/mol. The lowest BCUT2D eigenvalue weighted by atomic mass is 10.1. The topological polar surface area (TPSA) is 99.5 Å². The molecule has 0 aliphatic rings. The third-order valence-corrected chi connectivity index (χ3v) is 9.76. The Morgan fingerprint density at radius 2 is 0.796 bits per heavy atom. The lowest BCUT2D eigenvalue weighted by Gasteiger charge is -2.25. The van der Waals surface area contributed by atoms with Crippen molar-refractivity contribution >= 4 is 11.9 Å². The summed E-state index contributed by atoms with van der Waals surface area (Å²) in [5.74, 6) is -0.0392. The maximum atomic E-state index is 12.3. The molecule has 0 aromatic carbocycles. The molecule has 0 aliphatic carbocycles. The van der Waals surface area contributed by atoms with E-state index in [0.29, 0.717) is 25.9 Å². The van der Waals surface area contributed by atoms with Gasteiger partial charge in [0, 0.05) is 25.9 Å². The molecule has 0 fully saturated rings. The molecule has 8 nitrogen and oxygen atoms in total. The van der Waals surface area contributed by atoms with Gasteiger partial charge in [0.15, 0.2) is 0 Å². The Labute approximate surface area is 303 Å². The summed E-state index contributed by atoms with van der Waals surface area (Å²) in [6, 6.07) is 0. The second-order valence-corrected chi connectivity index (χ2v) is 14.3. The van der Waals surface area contributed by atoms with Crippen LogP contribution in [0.25, 0.3) is 0 Å². The largest absolute Gasteiger partial charge is 0.462 e. The number of carbonyl (C=O) groups is 2. The van der Waals surface area contributed by atoms with Gasteiger partial charge in [-0.15, -0.1) is 0 Å². The first-order valence-electron chi connectivity index (χ1n) is 21.0. The van der Waals surface area contributed by atoms with Crippen LogP contribution >= 0.6 is 0 Å². The first kappa shape index (κ1) is 47.8. The summed E-state index contributed by atoms with van der Waals surface area (Å²) >= 11 is 0. The van der Waals surface area contributed by atoms with Crippen LogP contribution in [0, 0.1) is 0 Å². The number of esters is 2. The summed E-state index contributed by atoms with van der Waals surface area (Å²) in [4.78, 5) is 29.3. The van der Waals surface area contributed by atoms with Crippen molar-refractivity contribution in [2.24, 2.45) is 0 Å². The predicted molar refractivity (Wildman–Crippen MR) is 205 cm³/mol. The van der Waals surface area contributed by atoms with Gasteiger partial charge >= 0.3 is 11.9 Å². The maximum Gasteiger partial charge on any atom is 0.306 e. The van der Waals surface area contributed by atoms with E-state index in [1.165, 1.54) is 77.0 Å². The van der Waals surface area contributed by atoms with Crippen LogP contribution in [-0.2, 0) is 19.1 Å². The van der Waals surface area contributed by atoms with E-state index < -0.39 is 0 Å². The normalized spacial score (nSPS) is 12.9. The highest BCUT2D eigenvalue weighted by molar-refractivity contribution is 5.69. The summed E-state index contributed by atoms with van der Waals surface area (Å²) in [7, 11) is 0. The van der Waals surface area contributed by atoms with E-state index in [4.69, 9.17) is 9.47 Å². The second kappa shape index (κ2) is 36.6. The first-order valence-corrected chi connectivity index (χ1v) is 21.0. The van der Waals surface area contributed by atoms with E-state index in [2.05, 4.69) is 37.5 Å². The average Bonchev–Trinajstić information content (AvgIpc) is 3.09. The molecule has 0 aromatic rings. The van der Waals surface area contributed by atoms with Gasteiger partial charge in [-0.05, 0) is 96.8 Å². The Morgan fingerprint density at radius 1 is 0.449 bits per heavy atom. The summed E-state index contributed by atoms with van der Waals surface area (Å²) in [6.45, 7) is 14.3. The zero-order valence-electron chi connectivity index (χ0n) is 32.9. The van der Waals surface area contributed by atoms with Gasteiger partial charge in [-0.2, -0.15) is 0 Å². The van der Waals surface area contributed by atoms with Gasteiger partial charge < -0.3 is 24.6 Å². The number of nitrogens with zero attached hydrogens (tertiary/aromatic N) is 2. The van der Waals surface area contributed by atoms with Crippen molar-refractivity contribution in [3.8, 4) is 0 Å². The molecule has 8 heteroatoms. The molecule has 292 valence electrons. The number of carbonyl (C=O) groups excluding carboxylic acids is 2. The molecule has 0 rings (SSSR count). The van der Waals surface area contributed by atoms with E-state index in [9.17, 15) is 19.8 Å². The number of unbranched alkanes of at least 4 members (excludes halogenated alkanes) is 14. The summed E-state index contributed by atoms with van der Waals surface area (Å²) in [6.07, 6.45) is 26.9. The minimum absolute atomic E-state index is 0.0196. The Kier molecular flexibility index (Phi) is 35.7. The fraction of sp³-hybridized carbons (Fsp3) is 0.951. The highest BCUT2D eigenvalue weighted by Gasteiger charge is 2.13. The van der Waals surface area contributed by atoms with Crippen LogP contribution < -0.4 is 0 Å². The van der Waals surface area contributed by atoms with E-state index in [1.807, 2.05) is 0 Å². The zero-order chi connectivity index (χ0) is 36.2. The quantitative estimate of drug-likeness (QED) is 0.0487. The van der Waals surface area contributed by atoms with Crippen LogP contribution in [0.3, 0.4) is 0 Å². The van der Waals surface area contributed by atoms with Crippen molar-refractivity contribution in [3.63, 3.8) is 0 Å². The van der Waals surface area contributed by atoms with E-state index in [1.54, 1.807) is 0 Å². The van der Waals surface area contributed by atoms with Gasteiger partial charge in [0.1, 0.15) is 12.2 Å². The molecule has 0 radical (unpaired) electrons. The number of hydrogen-bond donors (Lipinski definition) is 2. The van der Waals surface area contributed by atoms with Crippen molar-refractivity contribution < 1.29 is 29.3 Å². The van der Waals surface area contributed by atoms with Gasteiger partial charge in [0.25, 0.3) is 0 Å². The van der Waals surface area contributed by atoms with Crippen LogP contribution in [0.4, 0.5) is 0 Å². The highest BCUT2D eigenvalue weighted by atomic mass is 16.5.